The second-order valence-electron chi connectivity index (χ2n) is 5.47. The molecule has 0 amide bonds. The van der Waals surface area contributed by atoms with Crippen molar-refractivity contribution in [3.05, 3.63) is 34.9 Å². The van der Waals surface area contributed by atoms with E-state index in [1.165, 1.54) is 23.1 Å². The van der Waals surface area contributed by atoms with Crippen LogP contribution in [0, 0.1) is 19.8 Å². The average molecular weight is 234 g/mol. The third-order valence-corrected chi connectivity index (χ3v) is 3.30. The molecule has 0 bridgehead atoms. The van der Waals surface area contributed by atoms with Crippen molar-refractivity contribution in [2.24, 2.45) is 11.8 Å². The Kier molecular flexibility index (Phi) is 5.66. The van der Waals surface area contributed by atoms with Gasteiger partial charge in [0.2, 0.25) is 0 Å². The number of nitrogens with one attached hydrogen (secondary N) is 1. The molecule has 2 heteroatoms. The Morgan fingerprint density at radius 1 is 1.18 bits per heavy atom. The van der Waals surface area contributed by atoms with Gasteiger partial charge < -0.3 is 0 Å². The van der Waals surface area contributed by atoms with Crippen LogP contribution in [0.1, 0.15) is 43.4 Å². The van der Waals surface area contributed by atoms with Crippen LogP contribution in [0.25, 0.3) is 0 Å². The molecule has 1 unspecified atom stereocenters. The summed E-state index contributed by atoms with van der Waals surface area (Å²) in [5.41, 5.74) is 7.05. The molecule has 17 heavy (non-hydrogen) atoms. The number of hydrogen-bond acceptors (Lipinski definition) is 2. The van der Waals surface area contributed by atoms with Crippen LogP contribution >= 0.6 is 0 Å². The molecule has 0 saturated heterocycles. The zero-order valence-corrected chi connectivity index (χ0v) is 11.6. The maximum absolute atomic E-state index is 5.64. The summed E-state index contributed by atoms with van der Waals surface area (Å²) in [5, 5.41) is 0. The number of hydrazine groups is 1. The van der Waals surface area contributed by atoms with Gasteiger partial charge in [-0.3, -0.25) is 11.3 Å². The number of benzene rings is 1. The van der Waals surface area contributed by atoms with Gasteiger partial charge in [0.15, 0.2) is 0 Å². The van der Waals surface area contributed by atoms with E-state index in [1.54, 1.807) is 0 Å². The molecule has 0 radical (unpaired) electrons. The fraction of sp³-hybridized carbons (Fsp3) is 0.600. The second-order valence-corrected chi connectivity index (χ2v) is 5.47. The highest BCUT2D eigenvalue weighted by molar-refractivity contribution is 5.31. The molecule has 0 aromatic heterocycles. The van der Waals surface area contributed by atoms with Crippen LogP contribution in [0.4, 0.5) is 0 Å². The van der Waals surface area contributed by atoms with Gasteiger partial charge in [0, 0.05) is 6.04 Å². The average Bonchev–Trinajstić information content (AvgIpc) is 2.28. The van der Waals surface area contributed by atoms with E-state index in [0.29, 0.717) is 6.04 Å². The molecule has 1 atom stereocenters. The molecule has 0 aliphatic heterocycles. The van der Waals surface area contributed by atoms with Crippen LogP contribution in [0.3, 0.4) is 0 Å². The maximum atomic E-state index is 5.64. The Hall–Kier alpha value is -0.860. The fourth-order valence-electron chi connectivity index (χ4n) is 2.06. The van der Waals surface area contributed by atoms with Crippen LogP contribution in [-0.2, 0) is 6.42 Å². The Bertz CT molecular complexity index is 345. The Labute approximate surface area is 106 Å². The molecular formula is C15H26N2. The number of hydrogen-bond donors (Lipinski definition) is 2. The summed E-state index contributed by atoms with van der Waals surface area (Å²) in [5.74, 6) is 6.39. The van der Waals surface area contributed by atoms with E-state index in [4.69, 9.17) is 5.84 Å². The minimum absolute atomic E-state index is 0.387. The highest BCUT2D eigenvalue weighted by Crippen LogP contribution is 2.16. The van der Waals surface area contributed by atoms with E-state index < -0.39 is 0 Å². The third-order valence-electron chi connectivity index (χ3n) is 3.30. The standard InChI is InChI=1S/C15H26N2/c1-11(2)5-8-15(17-16)10-14-9-12(3)6-7-13(14)4/h6-7,9,11,15,17H,5,8,10,16H2,1-4H3. The quantitative estimate of drug-likeness (QED) is 0.586. The van der Waals surface area contributed by atoms with Crippen molar-refractivity contribution >= 4 is 0 Å². The largest absolute Gasteiger partial charge is 0.271 e. The lowest BCUT2D eigenvalue weighted by molar-refractivity contribution is 0.434. The first-order chi connectivity index (χ1) is 8.02. The lowest BCUT2D eigenvalue weighted by Crippen LogP contribution is -2.37. The van der Waals surface area contributed by atoms with Gasteiger partial charge in [0.25, 0.3) is 0 Å². The van der Waals surface area contributed by atoms with Gasteiger partial charge in [-0.1, -0.05) is 37.6 Å². The van der Waals surface area contributed by atoms with Crippen LogP contribution in [-0.4, -0.2) is 6.04 Å². The Balaban J connectivity index is 2.63. The molecule has 1 aromatic rings. The van der Waals surface area contributed by atoms with Crippen molar-refractivity contribution in [1.29, 1.82) is 0 Å². The van der Waals surface area contributed by atoms with E-state index in [2.05, 4.69) is 51.3 Å². The van der Waals surface area contributed by atoms with Crippen molar-refractivity contribution in [3.8, 4) is 0 Å². The summed E-state index contributed by atoms with van der Waals surface area (Å²) in [7, 11) is 0. The predicted octanol–water partition coefficient (Wildman–Crippen LogP) is 3.11. The summed E-state index contributed by atoms with van der Waals surface area (Å²) in [6.07, 6.45) is 3.39. The molecular weight excluding hydrogens is 208 g/mol. The Morgan fingerprint density at radius 3 is 2.47 bits per heavy atom. The third kappa shape index (κ3) is 4.88. The highest BCUT2D eigenvalue weighted by Gasteiger charge is 2.10. The minimum Gasteiger partial charge on any atom is -0.271 e. The highest BCUT2D eigenvalue weighted by atomic mass is 15.2. The van der Waals surface area contributed by atoms with E-state index in [-0.39, 0.29) is 0 Å². The molecule has 0 saturated carbocycles. The SMILES string of the molecule is Cc1ccc(C)c(CC(CCC(C)C)NN)c1. The molecule has 0 aliphatic carbocycles. The molecule has 96 valence electrons. The van der Waals surface area contributed by atoms with Crippen molar-refractivity contribution in [3.63, 3.8) is 0 Å². The van der Waals surface area contributed by atoms with E-state index in [9.17, 15) is 0 Å². The molecule has 2 nitrogen and oxygen atoms in total. The summed E-state index contributed by atoms with van der Waals surface area (Å²) in [6, 6.07) is 7.02. The summed E-state index contributed by atoms with van der Waals surface area (Å²) in [6.45, 7) is 8.82. The van der Waals surface area contributed by atoms with Gasteiger partial charge in [0.05, 0.1) is 0 Å². The first kappa shape index (κ1) is 14.2. The van der Waals surface area contributed by atoms with Crippen LogP contribution in [0.2, 0.25) is 0 Å². The van der Waals surface area contributed by atoms with Gasteiger partial charge in [-0.2, -0.15) is 0 Å². The first-order valence-electron chi connectivity index (χ1n) is 6.55. The Morgan fingerprint density at radius 2 is 1.88 bits per heavy atom. The maximum Gasteiger partial charge on any atom is 0.0251 e. The van der Waals surface area contributed by atoms with Crippen molar-refractivity contribution in [1.82, 2.24) is 5.43 Å². The lowest BCUT2D eigenvalue weighted by Gasteiger charge is -2.18. The summed E-state index contributed by atoms with van der Waals surface area (Å²) >= 11 is 0. The number of rotatable bonds is 6. The molecule has 0 fully saturated rings. The molecule has 3 N–H and O–H groups in total. The zero-order chi connectivity index (χ0) is 12.8. The molecule has 0 aliphatic rings. The van der Waals surface area contributed by atoms with Crippen LogP contribution in [0.15, 0.2) is 18.2 Å². The molecule has 1 rings (SSSR count). The topological polar surface area (TPSA) is 38.0 Å². The smallest absolute Gasteiger partial charge is 0.0251 e. The monoisotopic (exact) mass is 234 g/mol. The molecule has 0 spiro atoms. The van der Waals surface area contributed by atoms with E-state index in [1.807, 2.05) is 0 Å². The van der Waals surface area contributed by atoms with Crippen molar-refractivity contribution in [2.45, 2.75) is 53.0 Å². The first-order valence-corrected chi connectivity index (χ1v) is 6.55. The van der Waals surface area contributed by atoms with Crippen molar-refractivity contribution in [2.75, 3.05) is 0 Å². The summed E-state index contributed by atoms with van der Waals surface area (Å²) in [4.78, 5) is 0. The van der Waals surface area contributed by atoms with Gasteiger partial charge in [-0.05, 0) is 50.2 Å². The van der Waals surface area contributed by atoms with Crippen LogP contribution < -0.4 is 11.3 Å². The summed E-state index contributed by atoms with van der Waals surface area (Å²) < 4.78 is 0. The van der Waals surface area contributed by atoms with Crippen LogP contribution in [0.5, 0.6) is 0 Å². The zero-order valence-electron chi connectivity index (χ0n) is 11.6. The fourth-order valence-corrected chi connectivity index (χ4v) is 2.06. The second kappa shape index (κ2) is 6.77. The van der Waals surface area contributed by atoms with E-state index in [0.717, 1.165) is 18.8 Å². The van der Waals surface area contributed by atoms with Gasteiger partial charge in [0.1, 0.15) is 0 Å². The molecule has 0 heterocycles. The lowest BCUT2D eigenvalue weighted by atomic mass is 9.95. The predicted molar refractivity (Wildman–Crippen MR) is 74.8 cm³/mol. The minimum atomic E-state index is 0.387. The van der Waals surface area contributed by atoms with Gasteiger partial charge in [-0.15, -0.1) is 0 Å². The van der Waals surface area contributed by atoms with Gasteiger partial charge >= 0.3 is 0 Å². The molecule has 1 aromatic carbocycles. The van der Waals surface area contributed by atoms with E-state index >= 15 is 0 Å². The number of aryl methyl sites for hydroxylation is 2. The van der Waals surface area contributed by atoms with Gasteiger partial charge in [-0.25, -0.2) is 0 Å². The number of nitrogens with two attached hydrogens (primary N) is 1. The van der Waals surface area contributed by atoms with Crippen molar-refractivity contribution < 1.29 is 0 Å². The normalized spacial score (nSPS) is 13.1.